The molecule has 0 atom stereocenters. The first-order valence-corrected chi connectivity index (χ1v) is 9.23. The van der Waals surface area contributed by atoms with E-state index in [-0.39, 0.29) is 22.7 Å². The number of esters is 1. The fourth-order valence-electron chi connectivity index (χ4n) is 2.07. The summed E-state index contributed by atoms with van der Waals surface area (Å²) in [5.74, 6) is -0.231. The molecule has 0 aliphatic rings. The first-order chi connectivity index (χ1) is 11.6. The minimum Gasteiger partial charge on any atom is -0.465 e. The van der Waals surface area contributed by atoms with Crippen molar-refractivity contribution in [3.63, 3.8) is 0 Å². The summed E-state index contributed by atoms with van der Waals surface area (Å²) in [4.78, 5) is 11.6. The monoisotopic (exact) mass is 347 g/mol. The van der Waals surface area contributed by atoms with E-state index in [1.807, 2.05) is 34.7 Å². The summed E-state index contributed by atoms with van der Waals surface area (Å²) >= 11 is 0. The largest absolute Gasteiger partial charge is 0.465 e. The van der Waals surface area contributed by atoms with E-state index in [0.29, 0.717) is 6.61 Å². The average Bonchev–Trinajstić information content (AvgIpc) is 2.60. The first kappa shape index (κ1) is 23.2. The summed E-state index contributed by atoms with van der Waals surface area (Å²) in [5.41, 5.74) is 2.09. The molecule has 0 saturated heterocycles. The number of carbonyl (C=O) groups excluding carboxylic acids is 1. The van der Waals surface area contributed by atoms with Crippen LogP contribution in [0, 0.1) is 11.3 Å². The predicted molar refractivity (Wildman–Crippen MR) is 109 cm³/mol. The number of carbonyl (C=O) groups is 1. The van der Waals surface area contributed by atoms with Gasteiger partial charge in [-0.2, -0.15) is 0 Å². The normalized spacial score (nSPS) is 11.9. The molecule has 1 aromatic rings. The fraction of sp³-hybridized carbons (Fsp3) is 0.591. The van der Waals surface area contributed by atoms with Crippen LogP contribution in [0.4, 0.5) is 5.69 Å². The lowest BCUT2D eigenvalue weighted by atomic mass is 9.81. The molecule has 0 heterocycles. The van der Waals surface area contributed by atoms with Crippen molar-refractivity contribution in [1.82, 2.24) is 0 Å². The maximum Gasteiger partial charge on any atom is 0.308 e. The Bertz CT molecular complexity index is 540. The lowest BCUT2D eigenvalue weighted by Gasteiger charge is -2.26. The van der Waals surface area contributed by atoms with E-state index in [1.54, 1.807) is 0 Å². The van der Waals surface area contributed by atoms with E-state index < -0.39 is 0 Å². The second kappa shape index (κ2) is 10.3. The Morgan fingerprint density at radius 1 is 1.08 bits per heavy atom. The molecule has 0 aliphatic heterocycles. The minimum absolute atomic E-state index is 0.0778. The van der Waals surface area contributed by atoms with Crippen molar-refractivity contribution < 1.29 is 9.53 Å². The van der Waals surface area contributed by atoms with Gasteiger partial charge in [-0.25, -0.2) is 0 Å². The molecule has 0 bridgehead atoms. The van der Waals surface area contributed by atoms with Gasteiger partial charge in [0.1, 0.15) is 0 Å². The zero-order valence-electron chi connectivity index (χ0n) is 17.6. The highest BCUT2D eigenvalue weighted by atomic mass is 16.5. The number of benzene rings is 1. The van der Waals surface area contributed by atoms with Crippen LogP contribution in [0.2, 0.25) is 0 Å². The zero-order chi connectivity index (χ0) is 19.7. The lowest BCUT2D eigenvalue weighted by Crippen LogP contribution is -2.23. The zero-order valence-corrected chi connectivity index (χ0v) is 17.6. The third-order valence-electron chi connectivity index (χ3n) is 3.93. The Morgan fingerprint density at radius 3 is 2.04 bits per heavy atom. The molecule has 1 rings (SSSR count). The second-order valence-electron chi connectivity index (χ2n) is 7.63. The van der Waals surface area contributed by atoms with Crippen LogP contribution in [-0.4, -0.2) is 19.6 Å². The Hall–Kier alpha value is -1.77. The van der Waals surface area contributed by atoms with Gasteiger partial charge in [-0.1, -0.05) is 79.7 Å². The molecule has 0 amide bonds. The molecular formula is C22H37NO2. The Morgan fingerprint density at radius 2 is 1.60 bits per heavy atom. The van der Waals surface area contributed by atoms with Gasteiger partial charge in [-0.15, -0.1) is 0 Å². The van der Waals surface area contributed by atoms with Crippen LogP contribution >= 0.6 is 0 Å². The number of rotatable bonds is 7. The van der Waals surface area contributed by atoms with Crippen LogP contribution in [0.1, 0.15) is 61.0 Å². The predicted octanol–water partition coefficient (Wildman–Crippen LogP) is 5.81. The van der Waals surface area contributed by atoms with Gasteiger partial charge >= 0.3 is 5.97 Å². The molecule has 3 nitrogen and oxygen atoms in total. The van der Waals surface area contributed by atoms with E-state index in [0.717, 1.165) is 5.69 Å². The Labute approximate surface area is 154 Å². The molecule has 0 spiro atoms. The van der Waals surface area contributed by atoms with Crippen LogP contribution in [0.25, 0.3) is 0 Å². The molecule has 0 aliphatic carbocycles. The highest BCUT2D eigenvalue weighted by Gasteiger charge is 2.22. The quantitative estimate of drug-likeness (QED) is 0.499. The van der Waals surface area contributed by atoms with E-state index in [2.05, 4.69) is 69.4 Å². The number of allylic oxidation sites excluding steroid dienone is 1. The molecule has 1 N–H and O–H groups in total. The van der Waals surface area contributed by atoms with E-state index in [1.165, 1.54) is 5.56 Å². The highest BCUT2D eigenvalue weighted by molar-refractivity contribution is 5.71. The number of anilines is 1. The van der Waals surface area contributed by atoms with Gasteiger partial charge in [0.25, 0.3) is 0 Å². The number of hydrogen-bond acceptors (Lipinski definition) is 3. The van der Waals surface area contributed by atoms with Crippen LogP contribution < -0.4 is 5.32 Å². The third kappa shape index (κ3) is 8.24. The van der Waals surface area contributed by atoms with Gasteiger partial charge in [0.2, 0.25) is 0 Å². The third-order valence-corrected chi connectivity index (χ3v) is 3.93. The molecule has 0 aromatic heterocycles. The van der Waals surface area contributed by atoms with Crippen LogP contribution in [0.3, 0.4) is 0 Å². The smallest absolute Gasteiger partial charge is 0.308 e. The van der Waals surface area contributed by atoms with Crippen molar-refractivity contribution in [2.24, 2.45) is 11.3 Å². The Balaban J connectivity index is 0.00000277. The summed E-state index contributed by atoms with van der Waals surface area (Å²) in [6.45, 7) is 16.6. The fourth-order valence-corrected chi connectivity index (χ4v) is 2.07. The molecule has 3 heteroatoms. The van der Waals surface area contributed by atoms with E-state index >= 15 is 0 Å². The number of ether oxygens (including phenoxy) is 1. The molecule has 0 saturated carbocycles. The molecule has 25 heavy (non-hydrogen) atoms. The van der Waals surface area contributed by atoms with Crippen molar-refractivity contribution >= 4 is 11.7 Å². The lowest BCUT2D eigenvalue weighted by molar-refractivity contribution is -0.149. The number of hydrogen-bond donors (Lipinski definition) is 1. The SMILES string of the molecule is CC.CNc1ccc(C(C)(C)/C=C/C(C)(C)COC(=O)C(C)C)cc1. The molecule has 1 aromatic carbocycles. The van der Waals surface area contributed by atoms with Crippen molar-refractivity contribution in [2.45, 2.75) is 60.8 Å². The van der Waals surface area contributed by atoms with Crippen LogP contribution in [-0.2, 0) is 14.9 Å². The molecule has 0 fully saturated rings. The summed E-state index contributed by atoms with van der Waals surface area (Å²) in [7, 11) is 1.92. The van der Waals surface area contributed by atoms with Gasteiger partial charge in [-0.3, -0.25) is 4.79 Å². The standard InChI is InChI=1S/C20H31NO2.C2H6/c1-15(2)18(22)23-14-19(3,4)12-13-20(5,6)16-8-10-17(21-7)11-9-16;1-2/h8-13,15,21H,14H2,1-7H3;1-2H3/b13-12+;. The molecular weight excluding hydrogens is 310 g/mol. The average molecular weight is 348 g/mol. The summed E-state index contributed by atoms with van der Waals surface area (Å²) in [6.07, 6.45) is 4.34. The van der Waals surface area contributed by atoms with Gasteiger partial charge in [0.15, 0.2) is 0 Å². The van der Waals surface area contributed by atoms with Gasteiger partial charge < -0.3 is 10.1 Å². The Kier molecular flexibility index (Phi) is 9.55. The molecule has 142 valence electrons. The molecule has 0 unspecified atom stereocenters. The van der Waals surface area contributed by atoms with Gasteiger partial charge in [0.05, 0.1) is 12.5 Å². The van der Waals surface area contributed by atoms with Crippen molar-refractivity contribution in [3.05, 3.63) is 42.0 Å². The summed E-state index contributed by atoms with van der Waals surface area (Å²) < 4.78 is 5.37. The van der Waals surface area contributed by atoms with Crippen LogP contribution in [0.5, 0.6) is 0 Å². The van der Waals surface area contributed by atoms with Crippen molar-refractivity contribution in [1.29, 1.82) is 0 Å². The van der Waals surface area contributed by atoms with E-state index in [4.69, 9.17) is 4.74 Å². The van der Waals surface area contributed by atoms with E-state index in [9.17, 15) is 4.79 Å². The van der Waals surface area contributed by atoms with Crippen LogP contribution in [0.15, 0.2) is 36.4 Å². The first-order valence-electron chi connectivity index (χ1n) is 9.23. The van der Waals surface area contributed by atoms with Gasteiger partial charge in [0, 0.05) is 23.6 Å². The summed E-state index contributed by atoms with van der Waals surface area (Å²) in [6, 6.07) is 8.45. The maximum atomic E-state index is 11.6. The van der Waals surface area contributed by atoms with Gasteiger partial charge in [-0.05, 0) is 17.7 Å². The summed E-state index contributed by atoms with van der Waals surface area (Å²) in [5, 5.41) is 3.13. The second-order valence-corrected chi connectivity index (χ2v) is 7.63. The highest BCUT2D eigenvalue weighted by Crippen LogP contribution is 2.29. The molecule has 0 radical (unpaired) electrons. The maximum absolute atomic E-state index is 11.6. The minimum atomic E-state index is -0.188. The van der Waals surface area contributed by atoms with Crippen molar-refractivity contribution in [3.8, 4) is 0 Å². The number of nitrogens with one attached hydrogen (secondary N) is 1. The topological polar surface area (TPSA) is 38.3 Å². The van der Waals surface area contributed by atoms with Crippen molar-refractivity contribution in [2.75, 3.05) is 19.0 Å².